The van der Waals surface area contributed by atoms with Crippen LogP contribution >= 0.6 is 11.8 Å². The Bertz CT molecular complexity index is 380. The van der Waals surface area contributed by atoms with Crippen LogP contribution in [-0.2, 0) is 4.74 Å². The van der Waals surface area contributed by atoms with Crippen LogP contribution in [0.15, 0.2) is 29.2 Å². The fourth-order valence-electron chi connectivity index (χ4n) is 2.23. The zero-order valence-corrected chi connectivity index (χ0v) is 12.5. The van der Waals surface area contributed by atoms with E-state index in [4.69, 9.17) is 9.47 Å². The number of rotatable bonds is 7. The maximum atomic E-state index is 5.60. The van der Waals surface area contributed by atoms with Gasteiger partial charge in [0, 0.05) is 29.8 Å². The summed E-state index contributed by atoms with van der Waals surface area (Å²) in [7, 11) is 1.72. The summed E-state index contributed by atoms with van der Waals surface area (Å²) in [6, 6.07) is 8.18. The summed E-state index contributed by atoms with van der Waals surface area (Å²) in [6.07, 6.45) is 2.82. The highest BCUT2D eigenvalue weighted by atomic mass is 32.2. The van der Waals surface area contributed by atoms with Crippen LogP contribution in [0, 0.1) is 0 Å². The zero-order valence-electron chi connectivity index (χ0n) is 11.7. The molecule has 0 saturated carbocycles. The molecular weight excluding hydrogens is 258 g/mol. The van der Waals surface area contributed by atoms with Crippen molar-refractivity contribution in [3.63, 3.8) is 0 Å². The highest BCUT2D eigenvalue weighted by molar-refractivity contribution is 8.00. The van der Waals surface area contributed by atoms with Crippen LogP contribution in [0.3, 0.4) is 0 Å². The molecule has 1 aliphatic rings. The maximum Gasteiger partial charge on any atom is 0.132 e. The third-order valence-electron chi connectivity index (χ3n) is 3.23. The molecule has 2 atom stereocenters. The van der Waals surface area contributed by atoms with Crippen molar-refractivity contribution in [3.05, 3.63) is 24.3 Å². The van der Waals surface area contributed by atoms with Crippen molar-refractivity contribution in [3.8, 4) is 5.75 Å². The Hall–Kier alpha value is -0.710. The first kappa shape index (κ1) is 14.7. The average Bonchev–Trinajstić information content (AvgIpc) is 2.92. The smallest absolute Gasteiger partial charge is 0.132 e. The lowest BCUT2D eigenvalue weighted by Gasteiger charge is -2.16. The Morgan fingerprint density at radius 1 is 1.47 bits per heavy atom. The molecule has 0 aromatic heterocycles. The predicted octanol–water partition coefficient (Wildman–Crippen LogP) is 2.94. The van der Waals surface area contributed by atoms with E-state index < -0.39 is 0 Å². The number of hydrogen-bond donors (Lipinski definition) is 1. The van der Waals surface area contributed by atoms with E-state index in [1.54, 1.807) is 7.11 Å². The topological polar surface area (TPSA) is 30.5 Å². The van der Waals surface area contributed by atoms with Gasteiger partial charge < -0.3 is 14.8 Å². The molecular formula is C15H23NO2S. The third-order valence-corrected chi connectivity index (χ3v) is 4.39. The molecule has 2 rings (SSSR count). The predicted molar refractivity (Wildman–Crippen MR) is 80.2 cm³/mol. The molecule has 1 aromatic rings. The molecule has 0 bridgehead atoms. The molecule has 1 N–H and O–H groups in total. The molecule has 1 fully saturated rings. The summed E-state index contributed by atoms with van der Waals surface area (Å²) in [4.78, 5) is 1.21. The van der Waals surface area contributed by atoms with Crippen molar-refractivity contribution in [1.29, 1.82) is 0 Å². The third kappa shape index (κ3) is 4.71. The van der Waals surface area contributed by atoms with E-state index in [0.29, 0.717) is 11.4 Å². The fourth-order valence-corrected chi connectivity index (χ4v) is 3.29. The van der Waals surface area contributed by atoms with Gasteiger partial charge >= 0.3 is 0 Å². The SMILES string of the molecule is COc1ccccc1SC(C)CNCC1CCCO1. The van der Waals surface area contributed by atoms with Crippen molar-refractivity contribution < 1.29 is 9.47 Å². The van der Waals surface area contributed by atoms with E-state index in [0.717, 1.165) is 25.4 Å². The number of hydrogen-bond acceptors (Lipinski definition) is 4. The normalized spacial score (nSPS) is 20.4. The van der Waals surface area contributed by atoms with Gasteiger partial charge in [0.15, 0.2) is 0 Å². The second-order valence-corrected chi connectivity index (χ2v) is 6.35. The van der Waals surface area contributed by atoms with Gasteiger partial charge in [0.2, 0.25) is 0 Å². The van der Waals surface area contributed by atoms with Crippen molar-refractivity contribution in [2.24, 2.45) is 0 Å². The van der Waals surface area contributed by atoms with E-state index in [-0.39, 0.29) is 0 Å². The summed E-state index contributed by atoms with van der Waals surface area (Å²) < 4.78 is 11.0. The molecule has 19 heavy (non-hydrogen) atoms. The molecule has 2 unspecified atom stereocenters. The van der Waals surface area contributed by atoms with E-state index in [1.807, 2.05) is 23.9 Å². The van der Waals surface area contributed by atoms with Gasteiger partial charge in [0.05, 0.1) is 13.2 Å². The lowest BCUT2D eigenvalue weighted by molar-refractivity contribution is 0.110. The number of methoxy groups -OCH3 is 1. The lowest BCUT2D eigenvalue weighted by atomic mass is 10.2. The van der Waals surface area contributed by atoms with Crippen molar-refractivity contribution in [1.82, 2.24) is 5.32 Å². The van der Waals surface area contributed by atoms with Gasteiger partial charge in [-0.3, -0.25) is 0 Å². The van der Waals surface area contributed by atoms with E-state index in [9.17, 15) is 0 Å². The number of benzene rings is 1. The highest BCUT2D eigenvalue weighted by Gasteiger charge is 2.15. The fraction of sp³-hybridized carbons (Fsp3) is 0.600. The standard InChI is InChI=1S/C15H23NO2S/c1-12(10-16-11-13-6-5-9-18-13)19-15-8-4-3-7-14(15)17-2/h3-4,7-8,12-13,16H,5-6,9-11H2,1-2H3. The molecule has 1 heterocycles. The minimum absolute atomic E-state index is 0.420. The molecule has 1 aromatic carbocycles. The van der Waals surface area contributed by atoms with Crippen molar-refractivity contribution in [2.45, 2.75) is 36.0 Å². The van der Waals surface area contributed by atoms with Crippen LogP contribution < -0.4 is 10.1 Å². The van der Waals surface area contributed by atoms with Crippen LogP contribution in [0.4, 0.5) is 0 Å². The number of para-hydroxylation sites is 1. The molecule has 1 aliphatic heterocycles. The van der Waals surface area contributed by atoms with Gasteiger partial charge in [-0.2, -0.15) is 0 Å². The Kier molecular flexibility index (Phi) is 6.01. The summed E-state index contributed by atoms with van der Waals surface area (Å²) in [6.45, 7) is 5.12. The van der Waals surface area contributed by atoms with Gasteiger partial charge in [-0.1, -0.05) is 19.1 Å². The second-order valence-electron chi connectivity index (χ2n) is 4.87. The largest absolute Gasteiger partial charge is 0.496 e. The Balaban J connectivity index is 1.72. The number of thioether (sulfide) groups is 1. The lowest BCUT2D eigenvalue weighted by Crippen LogP contribution is -2.30. The minimum atomic E-state index is 0.420. The first-order valence-corrected chi connectivity index (χ1v) is 7.79. The highest BCUT2D eigenvalue weighted by Crippen LogP contribution is 2.31. The molecule has 4 heteroatoms. The molecule has 0 spiro atoms. The average molecular weight is 281 g/mol. The first-order valence-electron chi connectivity index (χ1n) is 6.91. The van der Waals surface area contributed by atoms with E-state index >= 15 is 0 Å². The van der Waals surface area contributed by atoms with Crippen molar-refractivity contribution in [2.75, 3.05) is 26.8 Å². The van der Waals surface area contributed by atoms with Gasteiger partial charge in [-0.25, -0.2) is 0 Å². The van der Waals surface area contributed by atoms with Crippen LogP contribution in [0.2, 0.25) is 0 Å². The molecule has 0 aliphatic carbocycles. The number of nitrogens with one attached hydrogen (secondary N) is 1. The summed E-state index contributed by atoms with van der Waals surface area (Å²) >= 11 is 1.85. The van der Waals surface area contributed by atoms with Crippen molar-refractivity contribution >= 4 is 11.8 Å². The molecule has 3 nitrogen and oxygen atoms in total. The summed E-state index contributed by atoms with van der Waals surface area (Å²) in [5.41, 5.74) is 0. The Morgan fingerprint density at radius 2 is 2.32 bits per heavy atom. The van der Waals surface area contributed by atoms with Crippen LogP contribution in [-0.4, -0.2) is 38.2 Å². The Labute approximate surface area is 120 Å². The van der Waals surface area contributed by atoms with Crippen LogP contribution in [0.1, 0.15) is 19.8 Å². The minimum Gasteiger partial charge on any atom is -0.496 e. The second kappa shape index (κ2) is 7.78. The number of ether oxygens (including phenoxy) is 2. The van der Waals surface area contributed by atoms with Crippen LogP contribution in [0.25, 0.3) is 0 Å². The van der Waals surface area contributed by atoms with Crippen LogP contribution in [0.5, 0.6) is 5.75 Å². The molecule has 0 radical (unpaired) electrons. The van der Waals surface area contributed by atoms with Gasteiger partial charge in [-0.05, 0) is 25.0 Å². The van der Waals surface area contributed by atoms with Gasteiger partial charge in [0.25, 0.3) is 0 Å². The van der Waals surface area contributed by atoms with Gasteiger partial charge in [-0.15, -0.1) is 11.8 Å². The molecule has 0 amide bonds. The molecule has 1 saturated heterocycles. The van der Waals surface area contributed by atoms with Gasteiger partial charge in [0.1, 0.15) is 5.75 Å². The zero-order chi connectivity index (χ0) is 13.5. The quantitative estimate of drug-likeness (QED) is 0.778. The maximum absolute atomic E-state index is 5.60. The molecule has 106 valence electrons. The Morgan fingerprint density at radius 3 is 3.05 bits per heavy atom. The summed E-state index contributed by atoms with van der Waals surface area (Å²) in [5, 5.41) is 4.01. The van der Waals surface area contributed by atoms with E-state index in [1.165, 1.54) is 17.7 Å². The monoisotopic (exact) mass is 281 g/mol. The summed E-state index contributed by atoms with van der Waals surface area (Å²) in [5.74, 6) is 0.957. The first-order chi connectivity index (χ1) is 9.29. The van der Waals surface area contributed by atoms with E-state index in [2.05, 4.69) is 24.4 Å².